The highest BCUT2D eigenvalue weighted by atomic mass is 35.5. The molecule has 4 atom stereocenters. The number of aromatic amines is 1. The Bertz CT molecular complexity index is 1280. The molecular weight excluding hydrogens is 448 g/mol. The molecule has 5 heterocycles. The quantitative estimate of drug-likeness (QED) is 0.394. The minimum Gasteiger partial charge on any atom is -0.456 e. The van der Waals surface area contributed by atoms with E-state index in [0.717, 1.165) is 11.4 Å². The van der Waals surface area contributed by atoms with Gasteiger partial charge in [-0.1, -0.05) is 29.8 Å². The third-order valence-electron chi connectivity index (χ3n) is 5.81. The van der Waals surface area contributed by atoms with E-state index in [1.165, 1.54) is 0 Å². The summed E-state index contributed by atoms with van der Waals surface area (Å²) in [6.07, 6.45) is 0.0679. The zero-order chi connectivity index (χ0) is 22.4. The first-order valence-electron chi connectivity index (χ1n) is 10.6. The van der Waals surface area contributed by atoms with Crippen LogP contribution in [0.5, 0.6) is 6.01 Å². The van der Waals surface area contributed by atoms with E-state index in [1.54, 1.807) is 12.3 Å². The molecule has 2 aliphatic rings. The van der Waals surface area contributed by atoms with Gasteiger partial charge in [0.15, 0.2) is 11.8 Å². The molecule has 2 aliphatic heterocycles. The van der Waals surface area contributed by atoms with Crippen LogP contribution in [0.4, 0.5) is 5.82 Å². The number of nitrogens with one attached hydrogen (secondary N) is 2. The molecule has 11 heteroatoms. The van der Waals surface area contributed by atoms with Crippen molar-refractivity contribution >= 4 is 28.6 Å². The van der Waals surface area contributed by atoms with Crippen LogP contribution in [-0.4, -0.2) is 67.5 Å². The molecule has 4 aromatic rings. The predicted octanol–water partition coefficient (Wildman–Crippen LogP) is 2.31. The maximum absolute atomic E-state index is 9.89. The fraction of sp³-hybridized carbons (Fsp3) is 0.318. The van der Waals surface area contributed by atoms with E-state index >= 15 is 0 Å². The van der Waals surface area contributed by atoms with Gasteiger partial charge in [-0.2, -0.15) is 10.1 Å². The van der Waals surface area contributed by atoms with Gasteiger partial charge in [-0.25, -0.2) is 9.67 Å². The number of nitrogens with zero attached hydrogens (tertiary/aromatic N) is 4. The van der Waals surface area contributed by atoms with Crippen molar-refractivity contribution in [3.05, 3.63) is 59.4 Å². The van der Waals surface area contributed by atoms with Crippen LogP contribution >= 0.6 is 11.6 Å². The lowest BCUT2D eigenvalue weighted by atomic mass is 10.1. The van der Waals surface area contributed by atoms with Gasteiger partial charge in [0.25, 0.3) is 6.01 Å². The Kier molecular flexibility index (Phi) is 5.14. The molecule has 2 saturated heterocycles. The lowest BCUT2D eigenvalue weighted by molar-refractivity contribution is 0.00706. The number of hydrogen-bond acceptors (Lipinski definition) is 8. The summed E-state index contributed by atoms with van der Waals surface area (Å²) in [4.78, 5) is 12.1. The zero-order valence-corrected chi connectivity index (χ0v) is 18.1. The van der Waals surface area contributed by atoms with E-state index in [0.29, 0.717) is 41.2 Å². The molecule has 0 amide bonds. The Morgan fingerprint density at radius 3 is 2.88 bits per heavy atom. The third-order valence-corrected chi connectivity index (χ3v) is 6.10. The van der Waals surface area contributed by atoms with Crippen LogP contribution < -0.4 is 10.1 Å². The molecule has 6 rings (SSSR count). The molecule has 0 spiro atoms. The summed E-state index contributed by atoms with van der Waals surface area (Å²) >= 11 is 6.46. The SMILES string of the molecule is O[C@@H]1CO[C@H]2[C@@H]1OC[C@H]2Oc1nc2nc(NCc3ccnn3-c3ccccc3)c(Cl)cc2[nH]1. The molecular formula is C22H21ClN6O4. The molecule has 0 aliphatic carbocycles. The Morgan fingerprint density at radius 1 is 1.15 bits per heavy atom. The summed E-state index contributed by atoms with van der Waals surface area (Å²) in [7, 11) is 0. The number of ether oxygens (including phenoxy) is 3. The van der Waals surface area contributed by atoms with Crippen LogP contribution in [0.3, 0.4) is 0 Å². The second kappa shape index (κ2) is 8.31. The van der Waals surface area contributed by atoms with Gasteiger partial charge in [0.05, 0.1) is 41.7 Å². The number of aliphatic hydroxyl groups excluding tert-OH is 1. The van der Waals surface area contributed by atoms with E-state index in [2.05, 4.69) is 25.4 Å². The number of halogens is 1. The first-order valence-corrected chi connectivity index (χ1v) is 11.0. The van der Waals surface area contributed by atoms with Gasteiger partial charge in [0.1, 0.15) is 24.1 Å². The van der Waals surface area contributed by atoms with Crippen molar-refractivity contribution in [2.45, 2.75) is 31.0 Å². The van der Waals surface area contributed by atoms with E-state index in [4.69, 9.17) is 25.8 Å². The number of hydrogen-bond donors (Lipinski definition) is 3. The largest absolute Gasteiger partial charge is 0.456 e. The molecule has 170 valence electrons. The highest BCUT2D eigenvalue weighted by Crippen LogP contribution is 2.31. The first kappa shape index (κ1) is 20.4. The second-order valence-corrected chi connectivity index (χ2v) is 8.38. The summed E-state index contributed by atoms with van der Waals surface area (Å²) < 4.78 is 19.0. The lowest BCUT2D eigenvalue weighted by Crippen LogP contribution is -2.34. The minimum absolute atomic E-state index is 0.241. The van der Waals surface area contributed by atoms with Gasteiger partial charge in [-0.15, -0.1) is 0 Å². The fourth-order valence-corrected chi connectivity index (χ4v) is 4.42. The standard InChI is InChI=1S/C22H21ClN6O4/c23-14-8-15-21(28-22(26-15)33-17-11-32-18-16(30)10-31-19(17)18)27-20(14)24-9-13-6-7-25-29(13)12-4-2-1-3-5-12/h1-8,16-19,30H,9-11H2,(H2,24,26,27,28)/t16-,17-,18-,19-/m1/s1. The summed E-state index contributed by atoms with van der Waals surface area (Å²) in [6, 6.07) is 13.9. The molecule has 2 fully saturated rings. The van der Waals surface area contributed by atoms with Crippen LogP contribution in [0.1, 0.15) is 5.69 Å². The van der Waals surface area contributed by atoms with Gasteiger partial charge in [0.2, 0.25) is 0 Å². The van der Waals surface area contributed by atoms with Crippen molar-refractivity contribution in [3.8, 4) is 11.7 Å². The van der Waals surface area contributed by atoms with E-state index in [-0.39, 0.29) is 24.9 Å². The van der Waals surface area contributed by atoms with Crippen molar-refractivity contribution < 1.29 is 19.3 Å². The number of aliphatic hydroxyl groups is 1. The summed E-state index contributed by atoms with van der Waals surface area (Å²) in [5.41, 5.74) is 3.05. The Hall–Kier alpha value is -3.18. The number of imidazole rings is 1. The average Bonchev–Trinajstić information content (AvgIpc) is 3.59. The fourth-order valence-electron chi connectivity index (χ4n) is 4.20. The van der Waals surface area contributed by atoms with Gasteiger partial charge in [0, 0.05) is 6.20 Å². The lowest BCUT2D eigenvalue weighted by Gasteiger charge is -2.15. The Labute approximate surface area is 193 Å². The molecule has 3 aromatic heterocycles. The average molecular weight is 469 g/mol. The van der Waals surface area contributed by atoms with E-state index < -0.39 is 6.10 Å². The van der Waals surface area contributed by atoms with Gasteiger partial charge >= 0.3 is 0 Å². The maximum Gasteiger partial charge on any atom is 0.296 e. The first-order chi connectivity index (χ1) is 16.2. The number of fused-ring (bicyclic) bond motifs is 2. The van der Waals surface area contributed by atoms with Gasteiger partial charge in [-0.05, 0) is 24.3 Å². The summed E-state index contributed by atoms with van der Waals surface area (Å²) in [5.74, 6) is 0.509. The van der Waals surface area contributed by atoms with Crippen LogP contribution in [-0.2, 0) is 16.0 Å². The predicted molar refractivity (Wildman–Crippen MR) is 120 cm³/mol. The number of benzene rings is 1. The summed E-state index contributed by atoms with van der Waals surface area (Å²) in [6.45, 7) is 1.03. The van der Waals surface area contributed by atoms with E-state index in [1.807, 2.05) is 41.1 Å². The molecule has 0 bridgehead atoms. The van der Waals surface area contributed by atoms with Crippen molar-refractivity contribution in [2.24, 2.45) is 0 Å². The Morgan fingerprint density at radius 2 is 2.00 bits per heavy atom. The van der Waals surface area contributed by atoms with Crippen molar-refractivity contribution in [2.75, 3.05) is 18.5 Å². The molecule has 0 radical (unpaired) electrons. The second-order valence-electron chi connectivity index (χ2n) is 7.97. The normalized spacial score (nSPS) is 24.3. The number of pyridine rings is 1. The van der Waals surface area contributed by atoms with Crippen molar-refractivity contribution in [1.29, 1.82) is 0 Å². The number of rotatable bonds is 6. The monoisotopic (exact) mass is 468 g/mol. The van der Waals surface area contributed by atoms with Crippen molar-refractivity contribution in [1.82, 2.24) is 24.7 Å². The molecule has 1 aromatic carbocycles. The molecule has 3 N–H and O–H groups in total. The molecule has 10 nitrogen and oxygen atoms in total. The van der Waals surface area contributed by atoms with Crippen LogP contribution in [0, 0.1) is 0 Å². The highest BCUT2D eigenvalue weighted by Gasteiger charge is 2.48. The minimum atomic E-state index is -0.633. The topological polar surface area (TPSA) is 119 Å². The molecule has 33 heavy (non-hydrogen) atoms. The smallest absolute Gasteiger partial charge is 0.296 e. The van der Waals surface area contributed by atoms with Crippen LogP contribution in [0.25, 0.3) is 16.9 Å². The van der Waals surface area contributed by atoms with Gasteiger partial charge in [-0.3, -0.25) is 0 Å². The van der Waals surface area contributed by atoms with E-state index in [9.17, 15) is 5.11 Å². The highest BCUT2D eigenvalue weighted by molar-refractivity contribution is 6.33. The third kappa shape index (κ3) is 3.80. The van der Waals surface area contributed by atoms with Gasteiger partial charge < -0.3 is 29.6 Å². The Balaban J connectivity index is 1.18. The number of H-pyrrole nitrogens is 1. The van der Waals surface area contributed by atoms with Crippen LogP contribution in [0.15, 0.2) is 48.7 Å². The molecule has 0 saturated carbocycles. The number of para-hydroxylation sites is 1. The van der Waals surface area contributed by atoms with Crippen molar-refractivity contribution in [3.63, 3.8) is 0 Å². The van der Waals surface area contributed by atoms with Crippen LogP contribution in [0.2, 0.25) is 5.02 Å². The number of aromatic nitrogens is 5. The summed E-state index contributed by atoms with van der Waals surface area (Å²) in [5, 5.41) is 18.0. The maximum atomic E-state index is 9.89. The molecule has 0 unspecified atom stereocenters. The number of anilines is 1. The zero-order valence-electron chi connectivity index (χ0n) is 17.4.